The lowest BCUT2D eigenvalue weighted by Crippen LogP contribution is -2.41. The highest BCUT2D eigenvalue weighted by atomic mass is 16.7. The maximum absolute atomic E-state index is 11.8. The lowest BCUT2D eigenvalue weighted by atomic mass is 9.77. The van der Waals surface area contributed by atoms with Gasteiger partial charge < -0.3 is 19.0 Å². The minimum atomic E-state index is -0.731. The Morgan fingerprint density at radius 2 is 1.80 bits per heavy atom. The van der Waals surface area contributed by atoms with Crippen molar-refractivity contribution < 1.29 is 18.8 Å². The van der Waals surface area contributed by atoms with Crippen LogP contribution in [-0.4, -0.2) is 36.4 Å². The molecular weight excluding hydrogens is 261 g/mol. The number of nitrogens with one attached hydrogen (secondary N) is 1. The Morgan fingerprint density at radius 1 is 1.25 bits per heavy atom. The van der Waals surface area contributed by atoms with Crippen LogP contribution in [0, 0.1) is 0 Å². The zero-order chi connectivity index (χ0) is 15.1. The van der Waals surface area contributed by atoms with Gasteiger partial charge in [-0.05, 0) is 27.7 Å². The van der Waals surface area contributed by atoms with Crippen molar-refractivity contribution in [1.29, 1.82) is 0 Å². The standard InChI is InChI=1S/C13H18BNO5/c1-12(2)13(3,4)20-14(19-12)9-7-15-10(16)6-8(9)11(17)18-5/h6-7H,1-5H3,(H,15,16). The summed E-state index contributed by atoms with van der Waals surface area (Å²) >= 11 is 0. The zero-order valence-corrected chi connectivity index (χ0v) is 12.3. The Balaban J connectivity index is 2.45. The van der Waals surface area contributed by atoms with Crippen LogP contribution < -0.4 is 11.0 Å². The van der Waals surface area contributed by atoms with Gasteiger partial charge in [-0.15, -0.1) is 0 Å². The molecule has 0 amide bonds. The molecule has 20 heavy (non-hydrogen) atoms. The molecule has 0 spiro atoms. The van der Waals surface area contributed by atoms with E-state index in [1.807, 2.05) is 27.7 Å². The molecule has 2 rings (SSSR count). The van der Waals surface area contributed by atoms with Crippen LogP contribution in [0.25, 0.3) is 0 Å². The molecule has 1 N–H and O–H groups in total. The van der Waals surface area contributed by atoms with E-state index in [0.29, 0.717) is 5.46 Å². The lowest BCUT2D eigenvalue weighted by Gasteiger charge is -2.32. The number of carbonyl (C=O) groups is 1. The molecule has 6 nitrogen and oxygen atoms in total. The summed E-state index contributed by atoms with van der Waals surface area (Å²) < 4.78 is 16.4. The molecule has 7 heteroatoms. The van der Waals surface area contributed by atoms with Gasteiger partial charge in [-0.25, -0.2) is 4.79 Å². The number of hydrogen-bond acceptors (Lipinski definition) is 5. The largest absolute Gasteiger partial charge is 0.497 e. The van der Waals surface area contributed by atoms with Crippen LogP contribution in [0.3, 0.4) is 0 Å². The third-order valence-electron chi connectivity index (χ3n) is 3.87. The summed E-state index contributed by atoms with van der Waals surface area (Å²) in [6.45, 7) is 7.65. The van der Waals surface area contributed by atoms with Crippen molar-refractivity contribution >= 4 is 18.6 Å². The second-order valence-corrected chi connectivity index (χ2v) is 5.75. The number of carbonyl (C=O) groups excluding carboxylic acids is 1. The topological polar surface area (TPSA) is 77.6 Å². The minimum Gasteiger partial charge on any atom is -0.465 e. The third-order valence-corrected chi connectivity index (χ3v) is 3.87. The molecular formula is C13H18BNO5. The number of ether oxygens (including phenoxy) is 1. The molecule has 1 aliphatic rings. The Labute approximate surface area is 117 Å². The first kappa shape index (κ1) is 14.8. The van der Waals surface area contributed by atoms with Gasteiger partial charge in [-0.1, -0.05) is 0 Å². The van der Waals surface area contributed by atoms with Crippen LogP contribution >= 0.6 is 0 Å². The maximum Gasteiger partial charge on any atom is 0.497 e. The van der Waals surface area contributed by atoms with Gasteiger partial charge in [-0.3, -0.25) is 4.79 Å². The molecule has 1 fully saturated rings. The van der Waals surface area contributed by atoms with Crippen LogP contribution in [-0.2, 0) is 14.0 Å². The Morgan fingerprint density at radius 3 is 2.30 bits per heavy atom. The van der Waals surface area contributed by atoms with E-state index < -0.39 is 24.3 Å². The van der Waals surface area contributed by atoms with E-state index in [4.69, 9.17) is 14.0 Å². The fraction of sp³-hybridized carbons (Fsp3) is 0.538. The predicted octanol–water partition coefficient (Wildman–Crippen LogP) is 0.461. The number of methoxy groups -OCH3 is 1. The lowest BCUT2D eigenvalue weighted by molar-refractivity contribution is 0.00578. The summed E-state index contributed by atoms with van der Waals surface area (Å²) in [5.41, 5.74) is -0.835. The minimum absolute atomic E-state index is 0.148. The van der Waals surface area contributed by atoms with Crippen molar-refractivity contribution in [1.82, 2.24) is 4.98 Å². The molecule has 1 aromatic rings. The van der Waals surface area contributed by atoms with Gasteiger partial charge in [0.05, 0.1) is 23.9 Å². The van der Waals surface area contributed by atoms with E-state index in [1.165, 1.54) is 19.4 Å². The van der Waals surface area contributed by atoms with Crippen molar-refractivity contribution in [3.8, 4) is 0 Å². The first-order valence-electron chi connectivity index (χ1n) is 6.34. The molecule has 2 heterocycles. The first-order chi connectivity index (χ1) is 9.18. The average molecular weight is 279 g/mol. The van der Waals surface area contributed by atoms with Crippen LogP contribution in [0.5, 0.6) is 0 Å². The number of hydrogen-bond donors (Lipinski definition) is 1. The van der Waals surface area contributed by atoms with Gasteiger partial charge >= 0.3 is 13.1 Å². The molecule has 0 saturated carbocycles. The number of aromatic amines is 1. The molecule has 0 atom stereocenters. The zero-order valence-electron chi connectivity index (χ0n) is 12.3. The smallest absolute Gasteiger partial charge is 0.465 e. The SMILES string of the molecule is COC(=O)c1cc(=O)[nH]cc1B1OC(C)(C)C(C)(C)O1. The second-order valence-electron chi connectivity index (χ2n) is 5.75. The van der Waals surface area contributed by atoms with Crippen molar-refractivity contribution in [2.45, 2.75) is 38.9 Å². The van der Waals surface area contributed by atoms with E-state index in [2.05, 4.69) is 4.98 Å². The molecule has 0 unspecified atom stereocenters. The highest BCUT2D eigenvalue weighted by molar-refractivity contribution is 6.63. The third kappa shape index (κ3) is 2.38. The summed E-state index contributed by atoms with van der Waals surface area (Å²) in [6, 6.07) is 1.19. The van der Waals surface area contributed by atoms with Gasteiger partial charge in [0.1, 0.15) is 0 Å². The summed E-state index contributed by atoms with van der Waals surface area (Å²) in [5, 5.41) is 0. The van der Waals surface area contributed by atoms with E-state index >= 15 is 0 Å². The quantitative estimate of drug-likeness (QED) is 0.628. The summed E-state index contributed by atoms with van der Waals surface area (Å²) in [4.78, 5) is 25.7. The number of H-pyrrole nitrogens is 1. The van der Waals surface area contributed by atoms with Gasteiger partial charge in [-0.2, -0.15) is 0 Å². The molecule has 0 radical (unpaired) electrons. The van der Waals surface area contributed by atoms with Gasteiger partial charge in [0.25, 0.3) is 0 Å². The van der Waals surface area contributed by atoms with E-state index in [1.54, 1.807) is 0 Å². The molecule has 0 aliphatic carbocycles. The number of rotatable bonds is 2. The Kier molecular flexibility index (Phi) is 3.52. The molecule has 1 aromatic heterocycles. The molecule has 108 valence electrons. The van der Waals surface area contributed by atoms with Crippen LogP contribution in [0.2, 0.25) is 0 Å². The number of pyridine rings is 1. The average Bonchev–Trinajstić information content (AvgIpc) is 2.57. The molecule has 1 saturated heterocycles. The molecule has 1 aliphatic heterocycles. The maximum atomic E-state index is 11.8. The first-order valence-corrected chi connectivity index (χ1v) is 6.34. The highest BCUT2D eigenvalue weighted by Crippen LogP contribution is 2.36. The predicted molar refractivity (Wildman–Crippen MR) is 74.1 cm³/mol. The van der Waals surface area contributed by atoms with E-state index in [-0.39, 0.29) is 11.1 Å². The number of esters is 1. The van der Waals surface area contributed by atoms with E-state index in [0.717, 1.165) is 0 Å². The van der Waals surface area contributed by atoms with Gasteiger partial charge in [0.2, 0.25) is 5.56 Å². The fourth-order valence-electron chi connectivity index (χ4n) is 1.93. The summed E-state index contributed by atoms with van der Waals surface area (Å²) in [5.74, 6) is -0.596. The van der Waals surface area contributed by atoms with Crippen molar-refractivity contribution in [3.05, 3.63) is 28.2 Å². The van der Waals surface area contributed by atoms with Crippen molar-refractivity contribution in [2.75, 3.05) is 7.11 Å². The molecule has 0 aromatic carbocycles. The Hall–Kier alpha value is -1.60. The summed E-state index contributed by atoms with van der Waals surface area (Å²) in [6.07, 6.45) is 1.43. The second kappa shape index (κ2) is 4.75. The van der Waals surface area contributed by atoms with Crippen LogP contribution in [0.4, 0.5) is 0 Å². The van der Waals surface area contributed by atoms with Crippen LogP contribution in [0.1, 0.15) is 38.1 Å². The summed E-state index contributed by atoms with van der Waals surface area (Å²) in [7, 11) is 0.531. The van der Waals surface area contributed by atoms with Crippen molar-refractivity contribution in [2.24, 2.45) is 0 Å². The van der Waals surface area contributed by atoms with Gasteiger partial charge in [0, 0.05) is 17.7 Å². The Bertz CT molecular complexity index is 577. The van der Waals surface area contributed by atoms with E-state index in [9.17, 15) is 9.59 Å². The molecule has 0 bridgehead atoms. The van der Waals surface area contributed by atoms with Gasteiger partial charge in [0.15, 0.2) is 0 Å². The monoisotopic (exact) mass is 279 g/mol. The van der Waals surface area contributed by atoms with Crippen molar-refractivity contribution in [3.63, 3.8) is 0 Å². The van der Waals surface area contributed by atoms with Crippen LogP contribution in [0.15, 0.2) is 17.1 Å². The number of aromatic nitrogens is 1. The fourth-order valence-corrected chi connectivity index (χ4v) is 1.93. The highest BCUT2D eigenvalue weighted by Gasteiger charge is 2.52. The normalized spacial score (nSPS) is 19.9.